The highest BCUT2D eigenvalue weighted by Gasteiger charge is 2.26. The molecule has 0 amide bonds. The Kier molecular flexibility index (Phi) is 4.82. The fourth-order valence-corrected chi connectivity index (χ4v) is 3.68. The minimum absolute atomic E-state index is 0.114. The SMILES string of the molecule is Cc1ccccc1N(CCC(=O)O)S(=O)(=O)c1ccccc1. The molecule has 0 aromatic heterocycles. The number of carboxylic acid groups (broad SMARTS) is 1. The third-order valence-corrected chi connectivity index (χ3v) is 5.07. The van der Waals surface area contributed by atoms with Crippen LogP contribution in [0.2, 0.25) is 0 Å². The smallest absolute Gasteiger partial charge is 0.305 e. The summed E-state index contributed by atoms with van der Waals surface area (Å²) in [5.41, 5.74) is 1.26. The lowest BCUT2D eigenvalue weighted by Gasteiger charge is -2.25. The van der Waals surface area contributed by atoms with Crippen LogP contribution < -0.4 is 4.31 Å². The molecule has 2 aromatic carbocycles. The average Bonchev–Trinajstić information content (AvgIpc) is 2.49. The highest BCUT2D eigenvalue weighted by molar-refractivity contribution is 7.92. The fourth-order valence-electron chi connectivity index (χ4n) is 2.13. The summed E-state index contributed by atoms with van der Waals surface area (Å²) in [5, 5.41) is 8.89. The highest BCUT2D eigenvalue weighted by Crippen LogP contribution is 2.26. The second kappa shape index (κ2) is 6.62. The number of rotatable bonds is 6. The Bertz CT molecular complexity index is 757. The number of hydrogen-bond acceptors (Lipinski definition) is 3. The first-order valence-electron chi connectivity index (χ1n) is 6.78. The topological polar surface area (TPSA) is 74.7 Å². The molecule has 0 bridgehead atoms. The van der Waals surface area contributed by atoms with Gasteiger partial charge in [-0.05, 0) is 30.7 Å². The van der Waals surface area contributed by atoms with Gasteiger partial charge in [-0.15, -0.1) is 0 Å². The molecule has 2 aromatic rings. The fraction of sp³-hybridized carbons (Fsp3) is 0.188. The molecule has 0 spiro atoms. The Morgan fingerprint density at radius 2 is 1.64 bits per heavy atom. The van der Waals surface area contributed by atoms with Gasteiger partial charge in [0.1, 0.15) is 0 Å². The first-order valence-corrected chi connectivity index (χ1v) is 8.22. The molecule has 116 valence electrons. The van der Waals surface area contributed by atoms with Crippen molar-refractivity contribution in [3.05, 3.63) is 60.2 Å². The highest BCUT2D eigenvalue weighted by atomic mass is 32.2. The third kappa shape index (κ3) is 3.46. The molecule has 0 saturated heterocycles. The molecule has 0 heterocycles. The standard InChI is InChI=1S/C16H17NO4S/c1-13-7-5-6-10-15(13)17(12-11-16(18)19)22(20,21)14-8-3-2-4-9-14/h2-10H,11-12H2,1H3,(H,18,19). The van der Waals surface area contributed by atoms with E-state index in [9.17, 15) is 13.2 Å². The molecule has 5 nitrogen and oxygen atoms in total. The van der Waals surface area contributed by atoms with Gasteiger partial charge in [0, 0.05) is 6.54 Å². The van der Waals surface area contributed by atoms with Crippen molar-refractivity contribution in [1.29, 1.82) is 0 Å². The lowest BCUT2D eigenvalue weighted by Crippen LogP contribution is -2.33. The third-order valence-electron chi connectivity index (χ3n) is 3.24. The Labute approximate surface area is 129 Å². The van der Waals surface area contributed by atoms with Crippen LogP contribution in [0.5, 0.6) is 0 Å². The van der Waals surface area contributed by atoms with Crippen LogP contribution in [0.3, 0.4) is 0 Å². The number of hydrogen-bond donors (Lipinski definition) is 1. The monoisotopic (exact) mass is 319 g/mol. The molecule has 0 saturated carbocycles. The molecular weight excluding hydrogens is 302 g/mol. The van der Waals surface area contributed by atoms with Crippen molar-refractivity contribution in [1.82, 2.24) is 0 Å². The van der Waals surface area contributed by atoms with Crippen LogP contribution in [0.15, 0.2) is 59.5 Å². The lowest BCUT2D eigenvalue weighted by molar-refractivity contribution is -0.136. The predicted octanol–water partition coefficient (Wildman–Crippen LogP) is 2.67. The maximum atomic E-state index is 12.8. The van der Waals surface area contributed by atoms with Crippen molar-refractivity contribution in [3.63, 3.8) is 0 Å². The number of para-hydroxylation sites is 1. The minimum atomic E-state index is -3.80. The van der Waals surface area contributed by atoms with E-state index in [1.807, 2.05) is 6.07 Å². The number of anilines is 1. The van der Waals surface area contributed by atoms with Crippen molar-refractivity contribution in [2.24, 2.45) is 0 Å². The van der Waals surface area contributed by atoms with E-state index in [2.05, 4.69) is 0 Å². The van der Waals surface area contributed by atoms with Gasteiger partial charge in [0.2, 0.25) is 0 Å². The molecule has 0 radical (unpaired) electrons. The van der Waals surface area contributed by atoms with Crippen LogP contribution in [0.25, 0.3) is 0 Å². The number of benzene rings is 2. The summed E-state index contributed by atoms with van der Waals surface area (Å²) in [6.45, 7) is 1.68. The summed E-state index contributed by atoms with van der Waals surface area (Å²) in [7, 11) is -3.80. The van der Waals surface area contributed by atoms with Gasteiger partial charge in [0.25, 0.3) is 10.0 Å². The Morgan fingerprint density at radius 3 is 2.23 bits per heavy atom. The Hall–Kier alpha value is -2.34. The number of sulfonamides is 1. The maximum absolute atomic E-state index is 12.8. The van der Waals surface area contributed by atoms with Gasteiger partial charge in [-0.2, -0.15) is 0 Å². The van der Waals surface area contributed by atoms with Crippen LogP contribution in [-0.2, 0) is 14.8 Å². The van der Waals surface area contributed by atoms with E-state index in [4.69, 9.17) is 5.11 Å². The van der Waals surface area contributed by atoms with Gasteiger partial charge in [-0.1, -0.05) is 36.4 Å². The van der Waals surface area contributed by atoms with Crippen molar-refractivity contribution >= 4 is 21.7 Å². The van der Waals surface area contributed by atoms with Crippen LogP contribution in [0.4, 0.5) is 5.69 Å². The molecule has 2 rings (SSSR count). The normalized spacial score (nSPS) is 11.1. The Balaban J connectivity index is 2.49. The van der Waals surface area contributed by atoms with Crippen LogP contribution in [-0.4, -0.2) is 26.0 Å². The van der Waals surface area contributed by atoms with Gasteiger partial charge >= 0.3 is 5.97 Å². The van der Waals surface area contributed by atoms with Gasteiger partial charge in [-0.3, -0.25) is 9.10 Å². The summed E-state index contributed by atoms with van der Waals surface area (Å²) in [6.07, 6.45) is -0.263. The zero-order valence-electron chi connectivity index (χ0n) is 12.1. The van der Waals surface area contributed by atoms with Gasteiger partial charge in [-0.25, -0.2) is 8.42 Å². The van der Waals surface area contributed by atoms with E-state index in [0.717, 1.165) is 9.87 Å². The van der Waals surface area contributed by atoms with Crippen LogP contribution in [0, 0.1) is 6.92 Å². The van der Waals surface area contributed by atoms with Crippen molar-refractivity contribution in [2.45, 2.75) is 18.2 Å². The van der Waals surface area contributed by atoms with Crippen LogP contribution in [0.1, 0.15) is 12.0 Å². The van der Waals surface area contributed by atoms with Crippen molar-refractivity contribution in [3.8, 4) is 0 Å². The van der Waals surface area contributed by atoms with E-state index in [-0.39, 0.29) is 17.9 Å². The van der Waals surface area contributed by atoms with Crippen molar-refractivity contribution in [2.75, 3.05) is 10.8 Å². The van der Waals surface area contributed by atoms with E-state index in [1.54, 1.807) is 43.3 Å². The quantitative estimate of drug-likeness (QED) is 0.888. The molecule has 0 fully saturated rings. The number of carboxylic acids is 1. The number of aryl methyl sites for hydroxylation is 1. The molecule has 0 aliphatic rings. The first kappa shape index (κ1) is 16.0. The summed E-state index contributed by atoms with van der Waals surface area (Å²) in [5.74, 6) is -1.04. The molecule has 6 heteroatoms. The van der Waals surface area contributed by atoms with Crippen molar-refractivity contribution < 1.29 is 18.3 Å². The van der Waals surface area contributed by atoms with Gasteiger partial charge in [0.15, 0.2) is 0 Å². The van der Waals surface area contributed by atoms with Gasteiger partial charge < -0.3 is 5.11 Å². The summed E-state index contributed by atoms with van der Waals surface area (Å²) in [4.78, 5) is 11.0. The average molecular weight is 319 g/mol. The number of carbonyl (C=O) groups is 1. The van der Waals surface area contributed by atoms with E-state index < -0.39 is 16.0 Å². The van der Waals surface area contributed by atoms with E-state index in [0.29, 0.717) is 5.69 Å². The second-order valence-electron chi connectivity index (χ2n) is 4.82. The summed E-state index contributed by atoms with van der Waals surface area (Å²) < 4.78 is 26.8. The molecule has 0 atom stereocenters. The van der Waals surface area contributed by atoms with E-state index >= 15 is 0 Å². The van der Waals surface area contributed by atoms with Crippen LogP contribution >= 0.6 is 0 Å². The molecule has 22 heavy (non-hydrogen) atoms. The molecule has 0 aliphatic heterocycles. The number of nitrogens with zero attached hydrogens (tertiary/aromatic N) is 1. The molecule has 0 aliphatic carbocycles. The maximum Gasteiger partial charge on any atom is 0.305 e. The molecule has 1 N–H and O–H groups in total. The van der Waals surface area contributed by atoms with Gasteiger partial charge in [0.05, 0.1) is 17.0 Å². The summed E-state index contributed by atoms with van der Waals surface area (Å²) in [6, 6.07) is 15.0. The predicted molar refractivity (Wildman–Crippen MR) is 84.4 cm³/mol. The summed E-state index contributed by atoms with van der Waals surface area (Å²) >= 11 is 0. The largest absolute Gasteiger partial charge is 0.481 e. The Morgan fingerprint density at radius 1 is 1.05 bits per heavy atom. The lowest BCUT2D eigenvalue weighted by atomic mass is 10.2. The zero-order chi connectivity index (χ0) is 16.2. The van der Waals surface area contributed by atoms with E-state index in [1.165, 1.54) is 12.1 Å². The molecular formula is C16H17NO4S. The second-order valence-corrected chi connectivity index (χ2v) is 6.68. The molecule has 0 unspecified atom stereocenters. The zero-order valence-corrected chi connectivity index (χ0v) is 13.0. The number of aliphatic carboxylic acids is 1. The first-order chi connectivity index (χ1) is 10.4. The minimum Gasteiger partial charge on any atom is -0.481 e.